The van der Waals surface area contributed by atoms with Gasteiger partial charge in [-0.2, -0.15) is 0 Å². The number of aromatic nitrogens is 1. The van der Waals surface area contributed by atoms with E-state index < -0.39 is 11.6 Å². The zero-order chi connectivity index (χ0) is 20.3. The number of aryl methyl sites for hydroxylation is 2. The van der Waals surface area contributed by atoms with Gasteiger partial charge in [0.25, 0.3) is 5.89 Å². The van der Waals surface area contributed by atoms with E-state index in [0.717, 1.165) is 42.9 Å². The molecule has 28 heavy (non-hydrogen) atoms. The van der Waals surface area contributed by atoms with Crippen LogP contribution in [0.15, 0.2) is 21.0 Å². The smallest absolute Gasteiger partial charge is 0.335 e. The van der Waals surface area contributed by atoms with Gasteiger partial charge in [0.15, 0.2) is 11.4 Å². The number of hydrogen-bond acceptors (Lipinski definition) is 6. The van der Waals surface area contributed by atoms with Gasteiger partial charge in [-0.15, -0.1) is 0 Å². The van der Waals surface area contributed by atoms with E-state index in [-0.39, 0.29) is 6.10 Å². The molecular formula is C21H29NO6. The van der Waals surface area contributed by atoms with Crippen LogP contribution in [0, 0.1) is 19.8 Å². The molecule has 0 bridgehead atoms. The van der Waals surface area contributed by atoms with Crippen molar-refractivity contribution < 1.29 is 28.2 Å². The summed E-state index contributed by atoms with van der Waals surface area (Å²) in [5.74, 6) is 1.98. The van der Waals surface area contributed by atoms with Gasteiger partial charge in [0, 0.05) is 0 Å². The lowest BCUT2D eigenvalue weighted by Gasteiger charge is -2.31. The minimum absolute atomic E-state index is 0.112. The topological polar surface area (TPSA) is 94.9 Å². The first-order valence-corrected chi connectivity index (χ1v) is 9.76. The van der Waals surface area contributed by atoms with Crippen molar-refractivity contribution in [3.8, 4) is 11.7 Å². The molecule has 3 rings (SSSR count). The molecule has 2 heterocycles. The van der Waals surface area contributed by atoms with E-state index in [9.17, 15) is 9.90 Å². The van der Waals surface area contributed by atoms with Crippen LogP contribution in [0.3, 0.4) is 0 Å². The van der Waals surface area contributed by atoms with Crippen LogP contribution in [0.2, 0.25) is 0 Å². The fourth-order valence-electron chi connectivity index (χ4n) is 3.35. The molecule has 1 aliphatic carbocycles. The summed E-state index contributed by atoms with van der Waals surface area (Å²) in [4.78, 5) is 15.7. The van der Waals surface area contributed by atoms with Gasteiger partial charge in [0.2, 0.25) is 0 Å². The molecule has 2 aromatic rings. The Morgan fingerprint density at radius 2 is 2.07 bits per heavy atom. The van der Waals surface area contributed by atoms with Crippen molar-refractivity contribution in [2.75, 3.05) is 6.61 Å². The predicted octanol–water partition coefficient (Wildman–Crippen LogP) is 4.51. The highest BCUT2D eigenvalue weighted by atomic mass is 16.5. The van der Waals surface area contributed by atoms with Gasteiger partial charge < -0.3 is 23.4 Å². The van der Waals surface area contributed by atoms with Gasteiger partial charge in [0.05, 0.1) is 19.3 Å². The highest BCUT2D eigenvalue weighted by Crippen LogP contribution is 2.29. The van der Waals surface area contributed by atoms with Crippen molar-refractivity contribution in [3.05, 3.63) is 29.3 Å². The fraction of sp³-hybridized carbons (Fsp3) is 0.619. The molecule has 0 radical (unpaired) electrons. The van der Waals surface area contributed by atoms with Crippen molar-refractivity contribution in [2.24, 2.45) is 5.92 Å². The first-order valence-electron chi connectivity index (χ1n) is 9.76. The molecule has 154 valence electrons. The van der Waals surface area contributed by atoms with Gasteiger partial charge in [-0.1, -0.05) is 6.42 Å². The summed E-state index contributed by atoms with van der Waals surface area (Å²) in [7, 11) is 0. The lowest BCUT2D eigenvalue weighted by atomic mass is 9.87. The van der Waals surface area contributed by atoms with Gasteiger partial charge in [-0.05, 0) is 65.0 Å². The fourth-order valence-corrected chi connectivity index (χ4v) is 3.35. The minimum atomic E-state index is -1.16. The summed E-state index contributed by atoms with van der Waals surface area (Å²) < 4.78 is 23.0. The number of oxazole rings is 1. The van der Waals surface area contributed by atoms with Gasteiger partial charge in [0.1, 0.15) is 17.2 Å². The zero-order valence-electron chi connectivity index (χ0n) is 17.0. The quantitative estimate of drug-likeness (QED) is 0.707. The first kappa shape index (κ1) is 20.6. The standard InChI is InChI=1S/C21H29NO6/c1-13-8-9-18(27-13)19-22-17(14(2)28-19)12-25-16-7-5-6-15(10-16)11-26-21(3,4)20(23)24/h8-9,15-16H,5-7,10-12H2,1-4H3,(H,23,24). The molecule has 2 unspecified atom stereocenters. The van der Waals surface area contributed by atoms with Crippen molar-refractivity contribution in [2.45, 2.75) is 71.7 Å². The second-order valence-corrected chi connectivity index (χ2v) is 8.02. The maximum Gasteiger partial charge on any atom is 0.335 e. The molecule has 7 heteroatoms. The first-order chi connectivity index (χ1) is 13.2. The number of furan rings is 1. The monoisotopic (exact) mass is 391 g/mol. The molecule has 0 amide bonds. The summed E-state index contributed by atoms with van der Waals surface area (Å²) >= 11 is 0. The van der Waals surface area contributed by atoms with E-state index in [2.05, 4.69) is 4.98 Å². The van der Waals surface area contributed by atoms with E-state index in [1.54, 1.807) is 13.8 Å². The minimum Gasteiger partial charge on any atom is -0.479 e. The molecule has 0 saturated heterocycles. The summed E-state index contributed by atoms with van der Waals surface area (Å²) in [6.45, 7) is 7.73. The Hall–Kier alpha value is -2.12. The van der Waals surface area contributed by atoms with Gasteiger partial charge in [-0.25, -0.2) is 9.78 Å². The Kier molecular flexibility index (Phi) is 6.25. The van der Waals surface area contributed by atoms with Crippen LogP contribution in [0.25, 0.3) is 11.7 Å². The molecule has 7 nitrogen and oxygen atoms in total. The number of carboxylic acids is 1. The van der Waals surface area contributed by atoms with Gasteiger partial charge >= 0.3 is 5.97 Å². The molecule has 1 saturated carbocycles. The number of rotatable bonds is 8. The summed E-state index contributed by atoms with van der Waals surface area (Å²) in [5.41, 5.74) is -0.388. The molecule has 0 spiro atoms. The van der Waals surface area contributed by atoms with E-state index in [0.29, 0.717) is 30.8 Å². The van der Waals surface area contributed by atoms with Crippen LogP contribution in [0.4, 0.5) is 0 Å². The Labute approximate surface area is 165 Å². The lowest BCUT2D eigenvalue weighted by Crippen LogP contribution is -2.37. The summed E-state index contributed by atoms with van der Waals surface area (Å²) in [6.07, 6.45) is 4.03. The highest BCUT2D eigenvalue weighted by molar-refractivity contribution is 5.76. The largest absolute Gasteiger partial charge is 0.479 e. The van der Waals surface area contributed by atoms with Crippen LogP contribution in [0.1, 0.15) is 56.7 Å². The summed E-state index contributed by atoms with van der Waals surface area (Å²) in [5, 5.41) is 9.17. The van der Waals surface area contributed by atoms with Crippen LogP contribution in [0.5, 0.6) is 0 Å². The predicted molar refractivity (Wildman–Crippen MR) is 102 cm³/mol. The average Bonchev–Trinajstić information content (AvgIpc) is 3.24. The van der Waals surface area contributed by atoms with Crippen molar-refractivity contribution in [1.29, 1.82) is 0 Å². The molecule has 2 aromatic heterocycles. The maximum absolute atomic E-state index is 11.2. The van der Waals surface area contributed by atoms with E-state index in [1.807, 2.05) is 26.0 Å². The van der Waals surface area contributed by atoms with Crippen LogP contribution in [-0.4, -0.2) is 34.4 Å². The molecule has 1 fully saturated rings. The maximum atomic E-state index is 11.2. The zero-order valence-corrected chi connectivity index (χ0v) is 17.0. The third-order valence-corrected chi connectivity index (χ3v) is 5.23. The Bertz CT molecular complexity index is 806. The van der Waals surface area contributed by atoms with Crippen LogP contribution >= 0.6 is 0 Å². The second kappa shape index (κ2) is 8.49. The third-order valence-electron chi connectivity index (χ3n) is 5.23. The van der Waals surface area contributed by atoms with Crippen LogP contribution in [-0.2, 0) is 20.9 Å². The van der Waals surface area contributed by atoms with Crippen molar-refractivity contribution in [1.82, 2.24) is 4.98 Å². The van der Waals surface area contributed by atoms with Crippen molar-refractivity contribution in [3.63, 3.8) is 0 Å². The molecule has 1 N–H and O–H groups in total. The molecular weight excluding hydrogens is 362 g/mol. The molecule has 0 aliphatic heterocycles. The third kappa shape index (κ3) is 5.02. The van der Waals surface area contributed by atoms with Gasteiger partial charge in [-0.3, -0.25) is 0 Å². The second-order valence-electron chi connectivity index (χ2n) is 8.02. The lowest BCUT2D eigenvalue weighted by molar-refractivity contribution is -0.163. The number of carboxylic acid groups (broad SMARTS) is 1. The SMILES string of the molecule is Cc1ccc(-c2nc(COC3CCCC(COC(C)(C)C(=O)O)C3)c(C)o2)o1. The molecule has 1 aliphatic rings. The highest BCUT2D eigenvalue weighted by Gasteiger charge is 2.31. The Morgan fingerprint density at radius 3 is 2.75 bits per heavy atom. The van der Waals surface area contributed by atoms with Crippen LogP contribution < -0.4 is 0 Å². The molecule has 0 aromatic carbocycles. The average molecular weight is 391 g/mol. The number of hydrogen-bond donors (Lipinski definition) is 1. The number of aliphatic carboxylic acids is 1. The van der Waals surface area contributed by atoms with E-state index in [1.165, 1.54) is 0 Å². The summed E-state index contributed by atoms with van der Waals surface area (Å²) in [6, 6.07) is 3.72. The van der Waals surface area contributed by atoms with E-state index >= 15 is 0 Å². The molecule has 2 atom stereocenters. The normalized spacial score (nSPS) is 20.4. The number of ether oxygens (including phenoxy) is 2. The Balaban J connectivity index is 1.52. The number of nitrogens with zero attached hydrogens (tertiary/aromatic N) is 1. The van der Waals surface area contributed by atoms with E-state index in [4.69, 9.17) is 18.3 Å². The number of carbonyl (C=O) groups is 1. The van der Waals surface area contributed by atoms with Crippen molar-refractivity contribution >= 4 is 5.97 Å². The Morgan fingerprint density at radius 1 is 1.29 bits per heavy atom.